The van der Waals surface area contributed by atoms with Crippen molar-refractivity contribution in [2.24, 2.45) is 0 Å². The number of hydrogen-bond donors (Lipinski definition) is 1. The minimum absolute atomic E-state index is 0.478. The van der Waals surface area contributed by atoms with Crippen molar-refractivity contribution in [2.75, 3.05) is 0 Å². The molecule has 3 nitrogen and oxygen atoms in total. The summed E-state index contributed by atoms with van der Waals surface area (Å²) in [4.78, 5) is 0. The van der Waals surface area contributed by atoms with Crippen molar-refractivity contribution >= 4 is 11.6 Å². The average molecular weight is 292 g/mol. The van der Waals surface area contributed by atoms with Gasteiger partial charge in [0.1, 0.15) is 0 Å². The van der Waals surface area contributed by atoms with Gasteiger partial charge in [0.05, 0.1) is 12.7 Å². The lowest BCUT2D eigenvalue weighted by atomic mass is 10.2. The fourth-order valence-electron chi connectivity index (χ4n) is 2.24. The summed E-state index contributed by atoms with van der Waals surface area (Å²) in [6.07, 6.45) is 2.94. The molecule has 0 aliphatic rings. The van der Waals surface area contributed by atoms with Crippen LogP contribution in [-0.2, 0) is 19.5 Å². The van der Waals surface area contributed by atoms with Crippen LogP contribution in [0.15, 0.2) is 30.5 Å². The van der Waals surface area contributed by atoms with Crippen molar-refractivity contribution in [3.63, 3.8) is 0 Å². The van der Waals surface area contributed by atoms with E-state index in [0.717, 1.165) is 30.1 Å². The van der Waals surface area contributed by atoms with E-state index >= 15 is 0 Å². The Morgan fingerprint density at radius 1 is 1.25 bits per heavy atom. The topological polar surface area (TPSA) is 29.9 Å². The maximum absolute atomic E-state index is 6.23. The number of nitrogens with one attached hydrogen (secondary N) is 1. The Morgan fingerprint density at radius 3 is 2.65 bits per heavy atom. The third-order valence-corrected chi connectivity index (χ3v) is 3.72. The SMILES string of the molecule is CCc1c(CNC(C)C)cnn1Cc1ccccc1Cl. The minimum atomic E-state index is 0.478. The highest BCUT2D eigenvalue weighted by molar-refractivity contribution is 6.31. The molecule has 0 unspecified atom stereocenters. The molecule has 0 saturated carbocycles. The Morgan fingerprint density at radius 2 is 2.00 bits per heavy atom. The third-order valence-electron chi connectivity index (χ3n) is 3.35. The second kappa shape index (κ2) is 6.91. The first-order valence-corrected chi connectivity index (χ1v) is 7.50. The van der Waals surface area contributed by atoms with Gasteiger partial charge in [0.25, 0.3) is 0 Å². The van der Waals surface area contributed by atoms with Gasteiger partial charge in [0.2, 0.25) is 0 Å². The lowest BCUT2D eigenvalue weighted by Gasteiger charge is -2.11. The Balaban J connectivity index is 2.18. The number of halogens is 1. The standard InChI is InChI=1S/C16H22ClN3/c1-4-16-14(9-18-12(2)3)10-19-20(16)11-13-7-5-6-8-15(13)17/h5-8,10,12,18H,4,9,11H2,1-3H3. The zero-order valence-corrected chi connectivity index (χ0v) is 13.1. The quantitative estimate of drug-likeness (QED) is 0.880. The van der Waals surface area contributed by atoms with Crippen molar-refractivity contribution in [3.8, 4) is 0 Å². The second-order valence-electron chi connectivity index (χ2n) is 5.25. The molecule has 0 aliphatic heterocycles. The summed E-state index contributed by atoms with van der Waals surface area (Å²) in [5.74, 6) is 0. The van der Waals surface area contributed by atoms with E-state index < -0.39 is 0 Å². The maximum Gasteiger partial charge on any atom is 0.0677 e. The Labute approximate surface area is 126 Å². The predicted octanol–water partition coefficient (Wildman–Crippen LogP) is 3.65. The van der Waals surface area contributed by atoms with Crippen molar-refractivity contribution in [1.82, 2.24) is 15.1 Å². The summed E-state index contributed by atoms with van der Waals surface area (Å²) in [5.41, 5.74) is 3.65. The molecule has 4 heteroatoms. The van der Waals surface area contributed by atoms with Crippen LogP contribution in [0.2, 0.25) is 5.02 Å². The lowest BCUT2D eigenvalue weighted by molar-refractivity contribution is 0.582. The molecular formula is C16H22ClN3. The van der Waals surface area contributed by atoms with Gasteiger partial charge in [-0.25, -0.2) is 0 Å². The van der Waals surface area contributed by atoms with Gasteiger partial charge in [0, 0.05) is 28.9 Å². The van der Waals surface area contributed by atoms with Crippen molar-refractivity contribution in [2.45, 2.75) is 46.3 Å². The molecule has 0 fully saturated rings. The van der Waals surface area contributed by atoms with E-state index in [1.807, 2.05) is 24.4 Å². The normalized spacial score (nSPS) is 11.2. The van der Waals surface area contributed by atoms with Gasteiger partial charge in [-0.05, 0) is 18.1 Å². The largest absolute Gasteiger partial charge is 0.310 e. The van der Waals surface area contributed by atoms with Crippen LogP contribution in [0.25, 0.3) is 0 Å². The highest BCUT2D eigenvalue weighted by Crippen LogP contribution is 2.18. The molecule has 2 rings (SSSR count). The summed E-state index contributed by atoms with van der Waals surface area (Å²) in [7, 11) is 0. The van der Waals surface area contributed by atoms with Crippen LogP contribution in [0.5, 0.6) is 0 Å². The van der Waals surface area contributed by atoms with Crippen LogP contribution in [-0.4, -0.2) is 15.8 Å². The van der Waals surface area contributed by atoms with Crippen molar-refractivity contribution in [3.05, 3.63) is 52.3 Å². The molecule has 1 N–H and O–H groups in total. The number of aromatic nitrogens is 2. The first kappa shape index (κ1) is 15.1. The van der Waals surface area contributed by atoms with Gasteiger partial charge in [-0.15, -0.1) is 0 Å². The highest BCUT2D eigenvalue weighted by Gasteiger charge is 2.10. The van der Waals surface area contributed by atoms with E-state index in [4.69, 9.17) is 11.6 Å². The summed E-state index contributed by atoms with van der Waals surface area (Å²) < 4.78 is 2.05. The van der Waals surface area contributed by atoms with E-state index in [-0.39, 0.29) is 0 Å². The first-order valence-electron chi connectivity index (χ1n) is 7.12. The molecule has 20 heavy (non-hydrogen) atoms. The molecule has 0 bridgehead atoms. The fraction of sp³-hybridized carbons (Fsp3) is 0.438. The number of hydrogen-bond acceptors (Lipinski definition) is 2. The number of rotatable bonds is 6. The lowest BCUT2D eigenvalue weighted by Crippen LogP contribution is -2.22. The summed E-state index contributed by atoms with van der Waals surface area (Å²) >= 11 is 6.23. The number of nitrogens with zero attached hydrogens (tertiary/aromatic N) is 2. The summed E-state index contributed by atoms with van der Waals surface area (Å²) in [6.45, 7) is 8.06. The fourth-order valence-corrected chi connectivity index (χ4v) is 2.44. The van der Waals surface area contributed by atoms with Crippen LogP contribution in [0.3, 0.4) is 0 Å². The van der Waals surface area contributed by atoms with E-state index in [2.05, 4.69) is 41.9 Å². The van der Waals surface area contributed by atoms with E-state index in [1.165, 1.54) is 11.3 Å². The smallest absolute Gasteiger partial charge is 0.0677 e. The Bertz CT molecular complexity index is 561. The minimum Gasteiger partial charge on any atom is -0.310 e. The van der Waals surface area contributed by atoms with Crippen LogP contribution in [0.1, 0.15) is 37.6 Å². The Hall–Kier alpha value is -1.32. The third kappa shape index (κ3) is 3.62. The van der Waals surface area contributed by atoms with Gasteiger partial charge in [-0.2, -0.15) is 5.10 Å². The van der Waals surface area contributed by atoms with E-state index in [1.54, 1.807) is 0 Å². The highest BCUT2D eigenvalue weighted by atomic mass is 35.5. The van der Waals surface area contributed by atoms with Gasteiger partial charge in [-0.3, -0.25) is 4.68 Å². The van der Waals surface area contributed by atoms with Gasteiger partial charge < -0.3 is 5.32 Å². The molecule has 0 atom stereocenters. The molecule has 0 radical (unpaired) electrons. The van der Waals surface area contributed by atoms with Gasteiger partial charge in [0.15, 0.2) is 0 Å². The molecule has 108 valence electrons. The molecular weight excluding hydrogens is 270 g/mol. The van der Waals surface area contributed by atoms with Gasteiger partial charge >= 0.3 is 0 Å². The van der Waals surface area contributed by atoms with Crippen LogP contribution >= 0.6 is 11.6 Å². The van der Waals surface area contributed by atoms with Gasteiger partial charge in [-0.1, -0.05) is 50.6 Å². The molecule has 0 amide bonds. The van der Waals surface area contributed by atoms with E-state index in [0.29, 0.717) is 6.04 Å². The number of benzene rings is 1. The van der Waals surface area contributed by atoms with Crippen LogP contribution in [0.4, 0.5) is 0 Å². The van der Waals surface area contributed by atoms with Crippen molar-refractivity contribution < 1.29 is 0 Å². The molecule has 1 aromatic carbocycles. The van der Waals surface area contributed by atoms with Crippen molar-refractivity contribution in [1.29, 1.82) is 0 Å². The Kier molecular flexibility index (Phi) is 5.21. The zero-order chi connectivity index (χ0) is 14.5. The molecule has 2 aromatic rings. The molecule has 0 saturated heterocycles. The maximum atomic E-state index is 6.23. The molecule has 0 spiro atoms. The molecule has 0 aliphatic carbocycles. The van der Waals surface area contributed by atoms with Crippen LogP contribution in [0, 0.1) is 0 Å². The second-order valence-corrected chi connectivity index (χ2v) is 5.66. The zero-order valence-electron chi connectivity index (χ0n) is 12.4. The first-order chi connectivity index (χ1) is 9.61. The van der Waals surface area contributed by atoms with E-state index in [9.17, 15) is 0 Å². The summed E-state index contributed by atoms with van der Waals surface area (Å²) in [5, 5.41) is 8.76. The molecule has 1 aromatic heterocycles. The predicted molar refractivity (Wildman–Crippen MR) is 84.1 cm³/mol. The summed E-state index contributed by atoms with van der Waals surface area (Å²) in [6, 6.07) is 8.42. The van der Waals surface area contributed by atoms with Crippen LogP contribution < -0.4 is 5.32 Å². The average Bonchev–Trinajstić information content (AvgIpc) is 2.81. The monoisotopic (exact) mass is 291 g/mol. The molecule has 1 heterocycles.